The minimum Gasteiger partial charge on any atom is -0.461 e. The van der Waals surface area contributed by atoms with Crippen LogP contribution in [0.1, 0.15) is 37.7 Å². The first-order chi connectivity index (χ1) is 12.5. The molecule has 0 saturated heterocycles. The highest BCUT2D eigenvalue weighted by atomic mass is 35.5. The Bertz CT molecular complexity index is 841. The van der Waals surface area contributed by atoms with Crippen molar-refractivity contribution in [3.63, 3.8) is 0 Å². The van der Waals surface area contributed by atoms with Crippen LogP contribution in [0, 0.1) is 5.92 Å². The number of Topliss-reactive ketones (excluding diaryl/α,β-unsaturated/α-hetero) is 1. The first-order valence-electron chi connectivity index (χ1n) is 8.48. The number of ketones is 1. The van der Waals surface area contributed by atoms with Gasteiger partial charge in [-0.05, 0) is 31.4 Å². The highest BCUT2D eigenvalue weighted by Crippen LogP contribution is 2.46. The van der Waals surface area contributed by atoms with Gasteiger partial charge in [-0.2, -0.15) is 0 Å². The van der Waals surface area contributed by atoms with E-state index in [1.54, 1.807) is 25.1 Å². The molecule has 4 nitrogen and oxygen atoms in total. The Balaban J connectivity index is 2.17. The van der Waals surface area contributed by atoms with E-state index in [0.29, 0.717) is 39.7 Å². The van der Waals surface area contributed by atoms with Crippen LogP contribution >= 0.6 is 23.2 Å². The second kappa shape index (κ2) is 7.77. The number of carbonyl (C=O) groups is 2. The fourth-order valence-corrected chi connectivity index (χ4v) is 4.06. The van der Waals surface area contributed by atoms with Crippen molar-refractivity contribution >= 4 is 40.7 Å². The molecule has 0 saturated carbocycles. The molecule has 0 N–H and O–H groups in total. The molecule has 1 aliphatic heterocycles. The zero-order valence-electron chi connectivity index (χ0n) is 14.4. The lowest BCUT2D eigenvalue weighted by molar-refractivity contribution is -0.145. The van der Waals surface area contributed by atoms with E-state index in [-0.39, 0.29) is 12.4 Å². The summed E-state index contributed by atoms with van der Waals surface area (Å²) in [5, 5.41) is 0.730. The molecular weight excluding hydrogens is 373 g/mol. The van der Waals surface area contributed by atoms with Crippen LogP contribution in [0.2, 0.25) is 10.0 Å². The van der Waals surface area contributed by atoms with Crippen molar-refractivity contribution in [3.05, 3.63) is 57.7 Å². The van der Waals surface area contributed by atoms with Gasteiger partial charge in [-0.15, -0.1) is 0 Å². The molecule has 136 valence electrons. The number of hydrogen-bond acceptors (Lipinski definition) is 4. The normalized spacial score (nSPS) is 22.6. The molecular formula is C20H19Cl2NO3. The lowest BCUT2D eigenvalue weighted by atomic mass is 9.71. The Labute approximate surface area is 162 Å². The van der Waals surface area contributed by atoms with Gasteiger partial charge in [0.15, 0.2) is 5.78 Å². The van der Waals surface area contributed by atoms with E-state index in [1.807, 2.05) is 0 Å². The number of halogens is 2. The molecule has 0 fully saturated rings. The molecule has 2 aliphatic rings. The van der Waals surface area contributed by atoms with E-state index < -0.39 is 17.8 Å². The predicted molar refractivity (Wildman–Crippen MR) is 103 cm³/mol. The number of benzene rings is 1. The van der Waals surface area contributed by atoms with E-state index in [0.717, 1.165) is 12.1 Å². The Morgan fingerprint density at radius 3 is 2.88 bits per heavy atom. The second-order valence-corrected chi connectivity index (χ2v) is 7.19. The van der Waals surface area contributed by atoms with E-state index in [9.17, 15) is 9.59 Å². The van der Waals surface area contributed by atoms with E-state index in [4.69, 9.17) is 27.9 Å². The van der Waals surface area contributed by atoms with Crippen LogP contribution in [0.25, 0.3) is 0 Å². The summed E-state index contributed by atoms with van der Waals surface area (Å²) >= 11 is 12.7. The largest absolute Gasteiger partial charge is 0.461 e. The smallest absolute Gasteiger partial charge is 0.315 e. The first-order valence-corrected chi connectivity index (χ1v) is 9.24. The highest BCUT2D eigenvalue weighted by molar-refractivity contribution is 6.42. The fourth-order valence-electron chi connectivity index (χ4n) is 3.64. The number of carbonyl (C=O) groups excluding carboxylic acids is 2. The number of hydrogen-bond donors (Lipinski definition) is 0. The minimum atomic E-state index is -0.716. The van der Waals surface area contributed by atoms with Crippen LogP contribution in [-0.4, -0.2) is 24.1 Å². The van der Waals surface area contributed by atoms with Crippen LogP contribution in [0.3, 0.4) is 0 Å². The van der Waals surface area contributed by atoms with Gasteiger partial charge < -0.3 is 4.74 Å². The van der Waals surface area contributed by atoms with Gasteiger partial charge in [0.2, 0.25) is 0 Å². The predicted octanol–water partition coefficient (Wildman–Crippen LogP) is 4.90. The molecule has 1 aromatic rings. The number of rotatable bonds is 4. The summed E-state index contributed by atoms with van der Waals surface area (Å²) in [5.74, 6) is -1.70. The Morgan fingerprint density at radius 1 is 1.38 bits per heavy atom. The van der Waals surface area contributed by atoms with Gasteiger partial charge in [-0.3, -0.25) is 14.6 Å². The van der Waals surface area contributed by atoms with Crippen LogP contribution in [0.15, 0.2) is 47.1 Å². The molecule has 0 spiro atoms. The number of nitrogens with zero attached hydrogens (tertiary/aromatic N) is 1. The van der Waals surface area contributed by atoms with Crippen LogP contribution in [0.4, 0.5) is 0 Å². The van der Waals surface area contributed by atoms with Crippen molar-refractivity contribution < 1.29 is 14.3 Å². The Hall–Kier alpha value is -1.91. The molecule has 3 rings (SSSR count). The molecule has 0 bridgehead atoms. The van der Waals surface area contributed by atoms with Crippen molar-refractivity contribution in [2.75, 3.05) is 6.61 Å². The summed E-state index contributed by atoms with van der Waals surface area (Å²) in [6.45, 7) is 5.45. The SMILES string of the molecule is C=CCOC(=O)C1C(C)=NC2=C(C(=O)CCC2)[C@@H]1c1cccc(Cl)c1Cl. The maximum absolute atomic E-state index is 12.8. The molecule has 2 atom stereocenters. The van der Waals surface area contributed by atoms with Gasteiger partial charge in [0.05, 0.1) is 10.0 Å². The maximum atomic E-state index is 12.8. The molecule has 1 aromatic carbocycles. The number of esters is 1. The maximum Gasteiger partial charge on any atom is 0.315 e. The zero-order chi connectivity index (χ0) is 18.8. The van der Waals surface area contributed by atoms with Crippen LogP contribution in [0.5, 0.6) is 0 Å². The quantitative estimate of drug-likeness (QED) is 0.541. The Kier molecular flexibility index (Phi) is 5.64. The van der Waals surface area contributed by atoms with Gasteiger partial charge in [-0.25, -0.2) is 0 Å². The fraction of sp³-hybridized carbons (Fsp3) is 0.350. The first kappa shape index (κ1) is 18.9. The van der Waals surface area contributed by atoms with Crippen LogP contribution < -0.4 is 0 Å². The van der Waals surface area contributed by atoms with Gasteiger partial charge in [-0.1, -0.05) is 48.0 Å². The topological polar surface area (TPSA) is 55.7 Å². The number of aliphatic imine (C=N–C) groups is 1. The molecule has 1 heterocycles. The number of ether oxygens (including phenoxy) is 1. The Morgan fingerprint density at radius 2 is 2.15 bits per heavy atom. The summed E-state index contributed by atoms with van der Waals surface area (Å²) in [7, 11) is 0. The molecule has 6 heteroatoms. The average Bonchev–Trinajstić information content (AvgIpc) is 2.61. The van der Waals surface area contributed by atoms with Gasteiger partial charge in [0.1, 0.15) is 12.5 Å². The van der Waals surface area contributed by atoms with E-state index >= 15 is 0 Å². The molecule has 1 unspecified atom stereocenters. The van der Waals surface area contributed by atoms with Crippen molar-refractivity contribution in [1.82, 2.24) is 0 Å². The van der Waals surface area contributed by atoms with Gasteiger partial charge in [0, 0.05) is 29.3 Å². The van der Waals surface area contributed by atoms with Crippen LogP contribution in [-0.2, 0) is 14.3 Å². The third-order valence-corrected chi connectivity index (χ3v) is 5.58. The molecule has 0 amide bonds. The summed E-state index contributed by atoms with van der Waals surface area (Å²) < 4.78 is 5.29. The third kappa shape index (κ3) is 3.36. The van der Waals surface area contributed by atoms with E-state index in [1.165, 1.54) is 6.08 Å². The summed E-state index contributed by atoms with van der Waals surface area (Å²) in [6.07, 6.45) is 3.42. The lowest BCUT2D eigenvalue weighted by Crippen LogP contribution is -2.37. The van der Waals surface area contributed by atoms with Crippen molar-refractivity contribution in [2.45, 2.75) is 32.1 Å². The molecule has 1 aliphatic carbocycles. The standard InChI is InChI=1S/C20H19Cl2NO3/c1-3-10-26-20(25)16-11(2)23-14-8-5-9-15(24)18(14)17(16)12-6-4-7-13(21)19(12)22/h3-4,6-7,16-17H,1,5,8-10H2,2H3/t16?,17-/m1/s1. The molecule has 0 radical (unpaired) electrons. The zero-order valence-corrected chi connectivity index (χ0v) is 15.9. The van der Waals surface area contributed by atoms with Crippen molar-refractivity contribution in [2.24, 2.45) is 10.9 Å². The average molecular weight is 392 g/mol. The number of allylic oxidation sites excluding steroid dienone is 2. The van der Waals surface area contributed by atoms with Gasteiger partial charge >= 0.3 is 5.97 Å². The summed E-state index contributed by atoms with van der Waals surface area (Å²) in [6, 6.07) is 5.25. The van der Waals surface area contributed by atoms with E-state index in [2.05, 4.69) is 11.6 Å². The summed E-state index contributed by atoms with van der Waals surface area (Å²) in [4.78, 5) is 30.1. The minimum absolute atomic E-state index is 0.00469. The lowest BCUT2D eigenvalue weighted by Gasteiger charge is -2.34. The highest BCUT2D eigenvalue weighted by Gasteiger charge is 2.43. The molecule has 0 aromatic heterocycles. The monoisotopic (exact) mass is 391 g/mol. The summed E-state index contributed by atoms with van der Waals surface area (Å²) in [5.41, 5.74) is 2.57. The molecule has 26 heavy (non-hydrogen) atoms. The van der Waals surface area contributed by atoms with Gasteiger partial charge in [0.25, 0.3) is 0 Å². The second-order valence-electron chi connectivity index (χ2n) is 6.41. The van der Waals surface area contributed by atoms with Crippen molar-refractivity contribution in [3.8, 4) is 0 Å². The van der Waals surface area contributed by atoms with Crippen molar-refractivity contribution in [1.29, 1.82) is 0 Å². The third-order valence-electron chi connectivity index (χ3n) is 4.75.